The van der Waals surface area contributed by atoms with Crippen LogP contribution in [0, 0.1) is 0 Å². The summed E-state index contributed by atoms with van der Waals surface area (Å²) in [7, 11) is 1.89. The summed E-state index contributed by atoms with van der Waals surface area (Å²) in [4.78, 5) is 0. The van der Waals surface area contributed by atoms with Crippen LogP contribution in [0.25, 0.3) is 0 Å². The molecule has 0 radical (unpaired) electrons. The minimum absolute atomic E-state index is 0.161. The van der Waals surface area contributed by atoms with Crippen molar-refractivity contribution in [3.8, 4) is 0 Å². The van der Waals surface area contributed by atoms with Crippen LogP contribution >= 0.6 is 0 Å². The third-order valence-electron chi connectivity index (χ3n) is 2.06. The summed E-state index contributed by atoms with van der Waals surface area (Å²) >= 11 is 0. The molecule has 14 heavy (non-hydrogen) atoms. The van der Waals surface area contributed by atoms with E-state index in [1.165, 1.54) is 0 Å². The number of nitrogens with one attached hydrogen (secondary N) is 1. The predicted molar refractivity (Wildman–Crippen MR) is 54.0 cm³/mol. The second kappa shape index (κ2) is 3.57. The molecule has 0 spiro atoms. The van der Waals surface area contributed by atoms with Gasteiger partial charge in [-0.25, -0.2) is 0 Å². The Kier molecular flexibility index (Phi) is 2.26. The first kappa shape index (κ1) is 8.87. The zero-order chi connectivity index (χ0) is 9.97. The molecule has 0 aromatic carbocycles. The van der Waals surface area contributed by atoms with Gasteiger partial charge in [0.2, 0.25) is 0 Å². The third-order valence-corrected chi connectivity index (χ3v) is 2.06. The van der Waals surface area contributed by atoms with E-state index in [0.29, 0.717) is 0 Å². The van der Waals surface area contributed by atoms with Gasteiger partial charge >= 0.3 is 0 Å². The van der Waals surface area contributed by atoms with Crippen LogP contribution in [-0.2, 0) is 7.05 Å². The van der Waals surface area contributed by atoms with Gasteiger partial charge in [-0.3, -0.25) is 4.68 Å². The quantitative estimate of drug-likeness (QED) is 0.808. The van der Waals surface area contributed by atoms with Crippen LogP contribution in [0.4, 0.5) is 5.69 Å². The van der Waals surface area contributed by atoms with Gasteiger partial charge in [0.1, 0.15) is 5.76 Å². The van der Waals surface area contributed by atoms with Crippen molar-refractivity contribution in [2.45, 2.75) is 13.0 Å². The van der Waals surface area contributed by atoms with Crippen molar-refractivity contribution in [3.63, 3.8) is 0 Å². The molecule has 4 heteroatoms. The zero-order valence-electron chi connectivity index (χ0n) is 8.27. The number of furan rings is 1. The van der Waals surface area contributed by atoms with Crippen LogP contribution < -0.4 is 5.32 Å². The molecule has 0 amide bonds. The fourth-order valence-corrected chi connectivity index (χ4v) is 1.35. The minimum Gasteiger partial charge on any atom is -0.467 e. The van der Waals surface area contributed by atoms with E-state index in [1.54, 1.807) is 17.1 Å². The van der Waals surface area contributed by atoms with Crippen LogP contribution in [0.5, 0.6) is 0 Å². The van der Waals surface area contributed by atoms with Gasteiger partial charge in [-0.05, 0) is 19.1 Å². The summed E-state index contributed by atoms with van der Waals surface area (Å²) in [5, 5.41) is 7.36. The molecule has 0 aliphatic rings. The van der Waals surface area contributed by atoms with Gasteiger partial charge in [0, 0.05) is 13.2 Å². The fraction of sp³-hybridized carbons (Fsp3) is 0.300. The molecule has 0 saturated carbocycles. The average Bonchev–Trinajstić information content (AvgIpc) is 2.75. The second-order valence-electron chi connectivity index (χ2n) is 3.28. The predicted octanol–water partition coefficient (Wildman–Crippen LogP) is 2.19. The van der Waals surface area contributed by atoms with E-state index in [2.05, 4.69) is 10.4 Å². The Bertz CT molecular complexity index is 391. The van der Waals surface area contributed by atoms with Crippen LogP contribution in [-0.4, -0.2) is 9.78 Å². The largest absolute Gasteiger partial charge is 0.467 e. The lowest BCUT2D eigenvalue weighted by Gasteiger charge is -2.09. The SMILES string of the molecule is CC(Nc1cnn(C)c1)c1ccco1. The van der Waals surface area contributed by atoms with Crippen molar-refractivity contribution in [1.29, 1.82) is 0 Å². The monoisotopic (exact) mass is 191 g/mol. The third kappa shape index (κ3) is 1.79. The number of aryl methyl sites for hydroxylation is 1. The molecule has 0 saturated heterocycles. The maximum atomic E-state index is 5.28. The number of hydrogen-bond donors (Lipinski definition) is 1. The first-order valence-electron chi connectivity index (χ1n) is 4.54. The Morgan fingerprint density at radius 2 is 2.43 bits per heavy atom. The molecule has 0 bridgehead atoms. The molecule has 74 valence electrons. The van der Waals surface area contributed by atoms with Crippen molar-refractivity contribution < 1.29 is 4.42 Å². The number of aromatic nitrogens is 2. The van der Waals surface area contributed by atoms with Gasteiger partial charge in [0.25, 0.3) is 0 Å². The van der Waals surface area contributed by atoms with Crippen LogP contribution in [0.1, 0.15) is 18.7 Å². The van der Waals surface area contributed by atoms with Crippen LogP contribution in [0.15, 0.2) is 35.2 Å². The average molecular weight is 191 g/mol. The Hall–Kier alpha value is -1.71. The van der Waals surface area contributed by atoms with Gasteiger partial charge in [-0.1, -0.05) is 0 Å². The van der Waals surface area contributed by atoms with Crippen LogP contribution in [0.3, 0.4) is 0 Å². The van der Waals surface area contributed by atoms with Crippen molar-refractivity contribution in [3.05, 3.63) is 36.5 Å². The summed E-state index contributed by atoms with van der Waals surface area (Å²) in [5.41, 5.74) is 0.997. The molecule has 0 aliphatic heterocycles. The summed E-state index contributed by atoms with van der Waals surface area (Å²) in [6.07, 6.45) is 5.40. The highest BCUT2D eigenvalue weighted by Crippen LogP contribution is 2.18. The normalized spacial score (nSPS) is 12.7. The summed E-state index contributed by atoms with van der Waals surface area (Å²) in [6, 6.07) is 4.00. The van der Waals surface area contributed by atoms with Gasteiger partial charge in [-0.15, -0.1) is 0 Å². The standard InChI is InChI=1S/C10H13N3O/c1-8(10-4-3-5-14-10)12-9-6-11-13(2)7-9/h3-8,12H,1-2H3. The van der Waals surface area contributed by atoms with Gasteiger partial charge in [0.05, 0.1) is 24.2 Å². The Morgan fingerprint density at radius 3 is 3.00 bits per heavy atom. The number of rotatable bonds is 3. The lowest BCUT2D eigenvalue weighted by Crippen LogP contribution is -2.04. The number of anilines is 1. The maximum Gasteiger partial charge on any atom is 0.125 e. The molecule has 0 fully saturated rings. The molecule has 1 atom stereocenters. The molecule has 2 aromatic heterocycles. The summed E-state index contributed by atoms with van der Waals surface area (Å²) in [6.45, 7) is 2.05. The first-order chi connectivity index (χ1) is 6.75. The maximum absolute atomic E-state index is 5.28. The second-order valence-corrected chi connectivity index (χ2v) is 3.28. The zero-order valence-corrected chi connectivity index (χ0v) is 8.27. The van der Waals surface area contributed by atoms with E-state index in [9.17, 15) is 0 Å². The first-order valence-corrected chi connectivity index (χ1v) is 4.54. The highest BCUT2D eigenvalue weighted by atomic mass is 16.3. The van der Waals surface area contributed by atoms with Gasteiger partial charge in [-0.2, -0.15) is 5.10 Å². The minimum atomic E-state index is 0.161. The van der Waals surface area contributed by atoms with E-state index in [4.69, 9.17) is 4.42 Å². The van der Waals surface area contributed by atoms with E-state index in [-0.39, 0.29) is 6.04 Å². The van der Waals surface area contributed by atoms with Gasteiger partial charge < -0.3 is 9.73 Å². The molecule has 1 unspecified atom stereocenters. The molecule has 4 nitrogen and oxygen atoms in total. The highest BCUT2D eigenvalue weighted by molar-refractivity contribution is 5.40. The van der Waals surface area contributed by atoms with Crippen molar-refractivity contribution >= 4 is 5.69 Å². The Morgan fingerprint density at radius 1 is 1.57 bits per heavy atom. The van der Waals surface area contributed by atoms with E-state index in [0.717, 1.165) is 11.4 Å². The van der Waals surface area contributed by atoms with Crippen molar-refractivity contribution in [1.82, 2.24) is 9.78 Å². The summed E-state index contributed by atoms with van der Waals surface area (Å²) in [5.74, 6) is 0.925. The molecule has 2 rings (SSSR count). The lowest BCUT2D eigenvalue weighted by atomic mass is 10.2. The smallest absolute Gasteiger partial charge is 0.125 e. The number of nitrogens with zero attached hydrogens (tertiary/aromatic N) is 2. The topological polar surface area (TPSA) is 43.0 Å². The molecular weight excluding hydrogens is 178 g/mol. The van der Waals surface area contributed by atoms with Crippen molar-refractivity contribution in [2.75, 3.05) is 5.32 Å². The molecule has 2 aromatic rings. The fourth-order valence-electron chi connectivity index (χ4n) is 1.35. The molecule has 1 N–H and O–H groups in total. The van der Waals surface area contributed by atoms with Crippen LogP contribution in [0.2, 0.25) is 0 Å². The van der Waals surface area contributed by atoms with E-state index < -0.39 is 0 Å². The molecule has 0 aliphatic carbocycles. The Balaban J connectivity index is 2.05. The van der Waals surface area contributed by atoms with Crippen molar-refractivity contribution in [2.24, 2.45) is 7.05 Å². The number of hydrogen-bond acceptors (Lipinski definition) is 3. The Labute approximate surface area is 82.5 Å². The van der Waals surface area contributed by atoms with Gasteiger partial charge in [0.15, 0.2) is 0 Å². The molecular formula is C10H13N3O. The lowest BCUT2D eigenvalue weighted by molar-refractivity contribution is 0.490. The van der Waals surface area contributed by atoms with E-state index >= 15 is 0 Å². The molecule has 2 heterocycles. The van der Waals surface area contributed by atoms with E-state index in [1.807, 2.05) is 32.3 Å². The highest BCUT2D eigenvalue weighted by Gasteiger charge is 2.07. The summed E-state index contributed by atoms with van der Waals surface area (Å²) < 4.78 is 7.05.